The van der Waals surface area contributed by atoms with Gasteiger partial charge in [0.05, 0.1) is 40.1 Å². The molecule has 3 aliphatic heterocycles. The average molecular weight is 959 g/mol. The molecule has 3 aliphatic rings. The van der Waals surface area contributed by atoms with Crippen LogP contribution in [0.4, 0.5) is 37.6 Å². The van der Waals surface area contributed by atoms with Gasteiger partial charge in [-0.3, -0.25) is 24.8 Å². The summed E-state index contributed by atoms with van der Waals surface area (Å²) in [4.78, 5) is 45.4. The molecule has 3 saturated heterocycles. The molecule has 0 spiro atoms. The van der Waals surface area contributed by atoms with Gasteiger partial charge in [-0.25, -0.2) is 13.8 Å². The number of nitrogens with zero attached hydrogens (tertiary/aromatic N) is 6. The van der Waals surface area contributed by atoms with Gasteiger partial charge >= 0.3 is 0 Å². The Kier molecular flexibility index (Phi) is 13.7. The summed E-state index contributed by atoms with van der Waals surface area (Å²) in [6.07, 6.45) is 5.23. The van der Waals surface area contributed by atoms with Gasteiger partial charge in [-0.15, -0.1) is 0 Å². The number of rotatable bonds is 13. The number of fused-ring (bicyclic) bond motifs is 1. The molecule has 0 saturated carbocycles. The number of amides is 2. The molecule has 13 nitrogen and oxygen atoms in total. The molecule has 3 N–H and O–H groups in total. The van der Waals surface area contributed by atoms with Gasteiger partial charge in [0, 0.05) is 92.5 Å². The van der Waals surface area contributed by atoms with E-state index in [9.17, 15) is 14.2 Å². The number of aromatic nitrogens is 3. The number of piperazine rings is 1. The Balaban J connectivity index is 0.877. The highest BCUT2D eigenvalue weighted by Gasteiger charge is 2.33. The predicted octanol–water partition coefficient (Wildman–Crippen LogP) is 8.03. The molecular formula is C47H55BrF2N9O4P. The third kappa shape index (κ3) is 9.80. The molecule has 2 aromatic heterocycles. The van der Waals surface area contributed by atoms with Crippen LogP contribution in [0.15, 0.2) is 59.2 Å². The number of halogens is 3. The van der Waals surface area contributed by atoms with Gasteiger partial charge < -0.3 is 29.7 Å². The summed E-state index contributed by atoms with van der Waals surface area (Å²) in [7, 11) is -1.08. The van der Waals surface area contributed by atoms with Crippen LogP contribution >= 0.6 is 23.1 Å². The van der Waals surface area contributed by atoms with Gasteiger partial charge in [0.2, 0.25) is 17.8 Å². The number of anilines is 5. The number of piperidine rings is 2. The van der Waals surface area contributed by atoms with Crippen molar-refractivity contribution >= 4 is 79.9 Å². The van der Waals surface area contributed by atoms with Gasteiger partial charge in [0.1, 0.15) is 30.3 Å². The van der Waals surface area contributed by atoms with Crippen molar-refractivity contribution in [1.29, 1.82) is 0 Å². The van der Waals surface area contributed by atoms with E-state index in [1.165, 1.54) is 17.7 Å². The number of methoxy groups -OCH3 is 1. The first kappa shape index (κ1) is 45.5. The van der Waals surface area contributed by atoms with E-state index in [-0.39, 0.29) is 18.4 Å². The quantitative estimate of drug-likeness (QED) is 0.0777. The lowest BCUT2D eigenvalue weighted by Crippen LogP contribution is -2.53. The SMILES string of the molecule is CCc1cc(Nc2ncc(Br)c(Nc3c(C)nc4ccccc4c3P(C)(C)=O)n2)c(OC)cc1N1CCC(N2CCN(CCc3cc(F)c(C4CCC(=O)NC4=O)c(F)c3)CC2)CC1. The van der Waals surface area contributed by atoms with E-state index < -0.39 is 36.5 Å². The molecule has 0 aliphatic carbocycles. The van der Waals surface area contributed by atoms with Gasteiger partial charge in [-0.2, -0.15) is 4.98 Å². The van der Waals surface area contributed by atoms with Crippen LogP contribution in [0.3, 0.4) is 0 Å². The molecule has 338 valence electrons. The number of imide groups is 1. The number of hydrogen-bond donors (Lipinski definition) is 3. The Hall–Kier alpha value is -5.02. The van der Waals surface area contributed by atoms with Crippen LogP contribution in [0.1, 0.15) is 60.9 Å². The Labute approximate surface area is 381 Å². The maximum atomic E-state index is 15.1. The summed E-state index contributed by atoms with van der Waals surface area (Å²) in [5.74, 6) is -1.97. The van der Waals surface area contributed by atoms with Crippen molar-refractivity contribution in [1.82, 2.24) is 30.1 Å². The molecule has 5 aromatic rings. The lowest BCUT2D eigenvalue weighted by molar-refractivity contribution is -0.134. The summed E-state index contributed by atoms with van der Waals surface area (Å²) in [6.45, 7) is 13.7. The molecule has 1 unspecified atom stereocenters. The fourth-order valence-electron chi connectivity index (χ4n) is 9.43. The van der Waals surface area contributed by atoms with Crippen molar-refractivity contribution in [2.24, 2.45) is 0 Å². The first-order valence-electron chi connectivity index (χ1n) is 22.0. The number of para-hydroxylation sites is 1. The number of carbonyl (C=O) groups is 2. The third-order valence-electron chi connectivity index (χ3n) is 12.8. The highest BCUT2D eigenvalue weighted by molar-refractivity contribution is 9.10. The lowest BCUT2D eigenvalue weighted by Gasteiger charge is -2.43. The molecule has 3 fully saturated rings. The van der Waals surface area contributed by atoms with Crippen LogP contribution in [0, 0.1) is 18.6 Å². The van der Waals surface area contributed by atoms with Crippen molar-refractivity contribution in [2.75, 3.05) is 81.8 Å². The minimum absolute atomic E-state index is 0.0642. The number of nitrogens with one attached hydrogen (secondary N) is 3. The fraction of sp³-hybridized carbons (Fsp3) is 0.426. The standard InChI is InChI=1S/C47H55BrF2N9O4P/c1-6-30-25-38(53-47-51-27-34(48)45(56-47)55-43-28(2)52-37-10-8-7-9-32(37)44(43)64(4,5)62)40(63-3)26-39(30)59-17-14-31(15-18-59)58-21-19-57(20-22-58)16-13-29-23-35(49)42(36(50)24-29)33-11-12-41(60)54-46(33)61/h7-10,23-27,31,33H,6,11-22H2,1-5H3,(H,54,60,61)(H2,51,53,55,56). The fourth-order valence-corrected chi connectivity index (χ4v) is 11.2. The molecule has 3 aromatic carbocycles. The van der Waals surface area contributed by atoms with Crippen LogP contribution in [0.2, 0.25) is 0 Å². The van der Waals surface area contributed by atoms with E-state index in [0.29, 0.717) is 52.2 Å². The van der Waals surface area contributed by atoms with Gasteiger partial charge in [0.25, 0.3) is 0 Å². The van der Waals surface area contributed by atoms with Gasteiger partial charge in [-0.05, 0) is 104 Å². The molecule has 8 rings (SSSR count). The summed E-state index contributed by atoms with van der Waals surface area (Å²) >= 11 is 3.62. The van der Waals surface area contributed by atoms with Crippen molar-refractivity contribution in [3.8, 4) is 5.75 Å². The normalized spacial score (nSPS) is 18.1. The van der Waals surface area contributed by atoms with Crippen LogP contribution in [0.25, 0.3) is 10.9 Å². The second kappa shape index (κ2) is 19.2. The van der Waals surface area contributed by atoms with E-state index >= 15 is 8.78 Å². The molecule has 64 heavy (non-hydrogen) atoms. The highest BCUT2D eigenvalue weighted by atomic mass is 79.9. The smallest absolute Gasteiger partial charge is 0.234 e. The number of benzene rings is 3. The van der Waals surface area contributed by atoms with Crippen molar-refractivity contribution in [3.63, 3.8) is 0 Å². The van der Waals surface area contributed by atoms with Crippen LogP contribution in [-0.2, 0) is 27.0 Å². The minimum Gasteiger partial charge on any atom is -0.494 e. The van der Waals surface area contributed by atoms with Gasteiger partial charge in [0.15, 0.2) is 0 Å². The molecule has 5 heterocycles. The maximum Gasteiger partial charge on any atom is 0.234 e. The molecule has 17 heteroatoms. The second-order valence-corrected chi connectivity index (χ2v) is 21.3. The molecule has 0 radical (unpaired) electrons. The number of pyridine rings is 1. The van der Waals surface area contributed by atoms with Crippen LogP contribution < -0.4 is 30.9 Å². The Morgan fingerprint density at radius 1 is 0.953 bits per heavy atom. The van der Waals surface area contributed by atoms with E-state index in [4.69, 9.17) is 14.7 Å². The van der Waals surface area contributed by atoms with Crippen molar-refractivity contribution < 1.29 is 27.7 Å². The summed E-state index contributed by atoms with van der Waals surface area (Å²) in [6, 6.07) is 15.1. The zero-order chi connectivity index (χ0) is 45.3. The molecule has 0 bridgehead atoms. The number of hydrogen-bond acceptors (Lipinski definition) is 12. The second-order valence-electron chi connectivity index (χ2n) is 17.3. The monoisotopic (exact) mass is 957 g/mol. The number of carbonyl (C=O) groups excluding carboxylic acids is 2. The molecule has 2 amide bonds. The highest BCUT2D eigenvalue weighted by Crippen LogP contribution is 2.43. The minimum atomic E-state index is -2.75. The maximum absolute atomic E-state index is 15.1. The average Bonchev–Trinajstić information content (AvgIpc) is 3.27. The topological polar surface area (TPSA) is 145 Å². The van der Waals surface area contributed by atoms with E-state index in [1.54, 1.807) is 26.6 Å². The van der Waals surface area contributed by atoms with Crippen molar-refractivity contribution in [3.05, 3.63) is 93.2 Å². The first-order valence-corrected chi connectivity index (χ1v) is 25.3. The van der Waals surface area contributed by atoms with E-state index in [2.05, 4.69) is 70.6 Å². The molecule has 1 atom stereocenters. The Bertz CT molecular complexity index is 2610. The summed E-state index contributed by atoms with van der Waals surface area (Å²) in [5, 5.41) is 10.6. The van der Waals surface area contributed by atoms with Gasteiger partial charge in [-0.1, -0.05) is 25.1 Å². The predicted molar refractivity (Wildman–Crippen MR) is 253 cm³/mol. The Morgan fingerprint density at radius 2 is 1.67 bits per heavy atom. The van der Waals surface area contributed by atoms with E-state index in [0.717, 1.165) is 91.8 Å². The third-order valence-corrected chi connectivity index (χ3v) is 14.9. The number of aryl methyl sites for hydroxylation is 2. The Morgan fingerprint density at radius 3 is 2.34 bits per heavy atom. The zero-order valence-electron chi connectivity index (χ0n) is 36.9. The van der Waals surface area contributed by atoms with Crippen LogP contribution in [0.5, 0.6) is 5.75 Å². The first-order chi connectivity index (χ1) is 30.7. The summed E-state index contributed by atoms with van der Waals surface area (Å²) in [5.41, 5.74) is 5.56. The zero-order valence-corrected chi connectivity index (χ0v) is 39.4. The largest absolute Gasteiger partial charge is 0.494 e. The number of ether oxygens (including phenoxy) is 1. The summed E-state index contributed by atoms with van der Waals surface area (Å²) < 4.78 is 50.5. The molecular weight excluding hydrogens is 903 g/mol. The van der Waals surface area contributed by atoms with Crippen LogP contribution in [-0.4, -0.2) is 109 Å². The lowest BCUT2D eigenvalue weighted by atomic mass is 9.89. The van der Waals surface area contributed by atoms with E-state index in [1.807, 2.05) is 31.2 Å². The van der Waals surface area contributed by atoms with Crippen molar-refractivity contribution in [2.45, 2.75) is 64.3 Å².